The molecule has 0 bridgehead atoms. The molecule has 1 unspecified atom stereocenters. The number of rotatable bonds is 3. The summed E-state index contributed by atoms with van der Waals surface area (Å²) in [6.07, 6.45) is 2.11. The minimum absolute atomic E-state index is 0.398. The summed E-state index contributed by atoms with van der Waals surface area (Å²) in [5, 5.41) is 0. The fourth-order valence-electron chi connectivity index (χ4n) is 0.835. The zero-order valence-corrected chi connectivity index (χ0v) is 8.28. The molecule has 0 saturated heterocycles. The second-order valence-electron chi connectivity index (χ2n) is 4.46. The van der Waals surface area contributed by atoms with Crippen LogP contribution in [0, 0.1) is 11.3 Å². The van der Waals surface area contributed by atoms with Crippen molar-refractivity contribution in [2.45, 2.75) is 40.5 Å². The predicted molar refractivity (Wildman–Crippen MR) is 51.2 cm³/mol. The van der Waals surface area contributed by atoms with Gasteiger partial charge in [-0.1, -0.05) is 34.3 Å². The lowest BCUT2D eigenvalue weighted by molar-refractivity contribution is 0.247. The summed E-state index contributed by atoms with van der Waals surface area (Å²) in [5.74, 6) is 0.711. The molecule has 0 aliphatic heterocycles. The topological polar surface area (TPSA) is 26.0 Å². The molecule has 0 spiro atoms. The summed E-state index contributed by atoms with van der Waals surface area (Å²) in [5.41, 5.74) is 6.69. The van der Waals surface area contributed by atoms with Gasteiger partial charge < -0.3 is 5.73 Å². The Bertz CT molecular complexity index is 130. The van der Waals surface area contributed by atoms with Gasteiger partial charge in [-0.2, -0.15) is 0 Å². The predicted octanol–water partition coefficient (Wildman–Crippen LogP) is 2.92. The van der Waals surface area contributed by atoms with Crippen LogP contribution in [0.5, 0.6) is 0 Å². The zero-order valence-electron chi connectivity index (χ0n) is 8.28. The van der Waals surface area contributed by atoms with Gasteiger partial charge in [-0.3, -0.25) is 0 Å². The zero-order chi connectivity index (χ0) is 9.07. The van der Waals surface area contributed by atoms with E-state index in [4.69, 9.17) is 5.73 Å². The summed E-state index contributed by atoms with van der Waals surface area (Å²) in [7, 11) is 0. The number of nitrogens with two attached hydrogens (primary N) is 1. The molecule has 0 rings (SSSR count). The second kappa shape index (κ2) is 3.80. The first-order valence-electron chi connectivity index (χ1n) is 4.27. The van der Waals surface area contributed by atoms with Crippen LogP contribution in [0.25, 0.3) is 0 Å². The van der Waals surface area contributed by atoms with E-state index in [2.05, 4.69) is 34.3 Å². The van der Waals surface area contributed by atoms with Crippen molar-refractivity contribution in [1.82, 2.24) is 0 Å². The highest BCUT2D eigenvalue weighted by atomic mass is 14.6. The number of hydrogen-bond donors (Lipinski definition) is 1. The van der Waals surface area contributed by atoms with Crippen molar-refractivity contribution in [2.75, 3.05) is 0 Å². The van der Waals surface area contributed by atoms with Gasteiger partial charge in [0.15, 0.2) is 0 Å². The fourth-order valence-corrected chi connectivity index (χ4v) is 0.835. The van der Waals surface area contributed by atoms with Crippen molar-refractivity contribution >= 4 is 0 Å². The van der Waals surface area contributed by atoms with E-state index in [1.807, 2.05) is 0 Å². The molecule has 1 atom stereocenters. The van der Waals surface area contributed by atoms with Crippen LogP contribution < -0.4 is 5.73 Å². The summed E-state index contributed by atoms with van der Waals surface area (Å²) in [6, 6.07) is 0. The Labute approximate surface area is 70.7 Å². The van der Waals surface area contributed by atoms with Gasteiger partial charge in [0.2, 0.25) is 0 Å². The van der Waals surface area contributed by atoms with Crippen molar-refractivity contribution in [1.29, 1.82) is 0 Å². The second-order valence-corrected chi connectivity index (χ2v) is 4.46. The van der Waals surface area contributed by atoms with E-state index >= 15 is 0 Å². The van der Waals surface area contributed by atoms with Crippen LogP contribution in [0.2, 0.25) is 0 Å². The van der Waals surface area contributed by atoms with E-state index in [0.717, 1.165) is 18.5 Å². The van der Waals surface area contributed by atoms with E-state index in [0.29, 0.717) is 11.3 Å². The molecule has 66 valence electrons. The molecule has 0 fully saturated rings. The fraction of sp³-hybridized carbons (Fsp3) is 0.800. The summed E-state index contributed by atoms with van der Waals surface area (Å²) >= 11 is 0. The molecule has 0 heterocycles. The maximum absolute atomic E-state index is 5.49. The summed E-state index contributed by atoms with van der Waals surface area (Å²) < 4.78 is 0. The quantitative estimate of drug-likeness (QED) is 0.666. The molecule has 1 heteroatoms. The Balaban J connectivity index is 3.70. The lowest BCUT2D eigenvalue weighted by atomic mass is 9.79. The average Bonchev–Trinajstić information content (AvgIpc) is 1.80. The first-order chi connectivity index (χ1) is 4.84. The normalized spacial score (nSPS) is 14.5. The highest BCUT2D eigenvalue weighted by molar-refractivity contribution is 4.87. The van der Waals surface area contributed by atoms with E-state index in [9.17, 15) is 0 Å². The summed E-state index contributed by atoms with van der Waals surface area (Å²) in [4.78, 5) is 0. The van der Waals surface area contributed by atoms with E-state index < -0.39 is 0 Å². The Morgan fingerprint density at radius 3 is 2.18 bits per heavy atom. The third kappa shape index (κ3) is 4.88. The van der Waals surface area contributed by atoms with Gasteiger partial charge in [-0.05, 0) is 24.2 Å². The molecule has 0 aromatic heterocycles. The molecule has 2 N–H and O–H groups in total. The summed E-state index contributed by atoms with van der Waals surface area (Å²) in [6.45, 7) is 12.7. The van der Waals surface area contributed by atoms with Gasteiger partial charge in [0.05, 0.1) is 0 Å². The highest BCUT2D eigenvalue weighted by Gasteiger charge is 2.18. The van der Waals surface area contributed by atoms with Crippen molar-refractivity contribution < 1.29 is 0 Å². The van der Waals surface area contributed by atoms with E-state index in [1.165, 1.54) is 0 Å². The van der Waals surface area contributed by atoms with Crippen LogP contribution in [0.1, 0.15) is 40.5 Å². The number of hydrogen-bond acceptors (Lipinski definition) is 1. The maximum Gasteiger partial charge on any atom is 0.000754 e. The molecule has 0 aliphatic rings. The number of allylic oxidation sites excluding steroid dienone is 1. The van der Waals surface area contributed by atoms with Crippen molar-refractivity contribution in [3.05, 3.63) is 12.3 Å². The van der Waals surface area contributed by atoms with Gasteiger partial charge >= 0.3 is 0 Å². The van der Waals surface area contributed by atoms with E-state index in [-0.39, 0.29) is 0 Å². The third-order valence-corrected chi connectivity index (χ3v) is 2.38. The van der Waals surface area contributed by atoms with Gasteiger partial charge in [0, 0.05) is 5.70 Å². The molecule has 0 amide bonds. The van der Waals surface area contributed by atoms with Crippen molar-refractivity contribution in [3.63, 3.8) is 0 Å². The Morgan fingerprint density at radius 2 is 1.91 bits per heavy atom. The average molecular weight is 155 g/mol. The van der Waals surface area contributed by atoms with Crippen LogP contribution in [-0.2, 0) is 0 Å². The smallest absolute Gasteiger partial charge is 0.000754 e. The Morgan fingerprint density at radius 1 is 1.45 bits per heavy atom. The Hall–Kier alpha value is -0.460. The third-order valence-electron chi connectivity index (χ3n) is 2.38. The molecule has 0 aliphatic carbocycles. The van der Waals surface area contributed by atoms with Crippen LogP contribution in [0.4, 0.5) is 0 Å². The van der Waals surface area contributed by atoms with Crippen LogP contribution in [0.3, 0.4) is 0 Å². The standard InChI is InChI=1S/C10H21N/c1-8(10(3,4)5)6-7-9(2)11/h8H,2,6-7,11H2,1,3-5H3. The molecule has 0 radical (unpaired) electrons. The van der Waals surface area contributed by atoms with Gasteiger partial charge in [-0.25, -0.2) is 0 Å². The molecule has 11 heavy (non-hydrogen) atoms. The van der Waals surface area contributed by atoms with Crippen LogP contribution in [-0.4, -0.2) is 0 Å². The maximum atomic E-state index is 5.49. The molecular weight excluding hydrogens is 134 g/mol. The first kappa shape index (κ1) is 10.5. The van der Waals surface area contributed by atoms with Crippen LogP contribution in [0.15, 0.2) is 12.3 Å². The first-order valence-corrected chi connectivity index (χ1v) is 4.27. The highest BCUT2D eigenvalue weighted by Crippen LogP contribution is 2.29. The molecule has 0 aromatic carbocycles. The van der Waals surface area contributed by atoms with Crippen molar-refractivity contribution in [3.8, 4) is 0 Å². The van der Waals surface area contributed by atoms with Gasteiger partial charge in [0.25, 0.3) is 0 Å². The molecule has 1 nitrogen and oxygen atoms in total. The SMILES string of the molecule is C=C(N)CCC(C)C(C)(C)C. The Kier molecular flexibility index (Phi) is 3.64. The van der Waals surface area contributed by atoms with Crippen molar-refractivity contribution in [2.24, 2.45) is 17.1 Å². The lowest BCUT2D eigenvalue weighted by Crippen LogP contribution is -2.17. The largest absolute Gasteiger partial charge is 0.403 e. The minimum Gasteiger partial charge on any atom is -0.403 e. The molecular formula is C10H21N. The van der Waals surface area contributed by atoms with Gasteiger partial charge in [-0.15, -0.1) is 0 Å². The van der Waals surface area contributed by atoms with Gasteiger partial charge in [0.1, 0.15) is 0 Å². The lowest BCUT2D eigenvalue weighted by Gasteiger charge is -2.27. The van der Waals surface area contributed by atoms with Crippen LogP contribution >= 0.6 is 0 Å². The van der Waals surface area contributed by atoms with E-state index in [1.54, 1.807) is 0 Å². The molecule has 0 aromatic rings. The monoisotopic (exact) mass is 155 g/mol. The minimum atomic E-state index is 0.398. The molecule has 0 saturated carbocycles.